The first-order chi connectivity index (χ1) is 11.2. The third-order valence-electron chi connectivity index (χ3n) is 4.82. The first-order valence-corrected chi connectivity index (χ1v) is 7.96. The molecule has 1 aromatic rings. The van der Waals surface area contributed by atoms with Crippen molar-refractivity contribution in [2.45, 2.75) is 39.7 Å². The SMILES string of the molecule is CCOC(=O)C1=C(N)NC(C)C(C)(C(=O)O)C1c1ccc(C)cc1. The normalized spacial score (nSPS) is 26.7. The van der Waals surface area contributed by atoms with Gasteiger partial charge in [0.25, 0.3) is 0 Å². The van der Waals surface area contributed by atoms with Crippen LogP contribution in [0.1, 0.15) is 37.8 Å². The number of benzene rings is 1. The van der Waals surface area contributed by atoms with Crippen molar-refractivity contribution in [3.8, 4) is 0 Å². The van der Waals surface area contributed by atoms with E-state index >= 15 is 0 Å². The van der Waals surface area contributed by atoms with Gasteiger partial charge in [-0.2, -0.15) is 0 Å². The van der Waals surface area contributed by atoms with Crippen LogP contribution < -0.4 is 11.1 Å². The number of carbonyl (C=O) groups is 2. The molecule has 1 aromatic carbocycles. The molecule has 0 amide bonds. The number of carboxylic acid groups (broad SMARTS) is 1. The summed E-state index contributed by atoms with van der Waals surface area (Å²) in [5.41, 5.74) is 6.75. The average molecular weight is 332 g/mol. The number of aryl methyl sites for hydroxylation is 1. The highest BCUT2D eigenvalue weighted by atomic mass is 16.5. The standard InChI is InChI=1S/C18H24N2O4/c1-5-24-16(21)13-14(12-8-6-10(2)7-9-12)18(4,17(22)23)11(3)20-15(13)19/h6-9,11,14,20H,5,19H2,1-4H3,(H,22,23). The van der Waals surface area contributed by atoms with Crippen LogP contribution in [-0.4, -0.2) is 29.7 Å². The molecule has 24 heavy (non-hydrogen) atoms. The maximum atomic E-state index is 12.5. The van der Waals surface area contributed by atoms with Gasteiger partial charge in [-0.15, -0.1) is 0 Å². The number of nitrogens with two attached hydrogens (primary N) is 1. The van der Waals surface area contributed by atoms with Crippen molar-refractivity contribution >= 4 is 11.9 Å². The lowest BCUT2D eigenvalue weighted by atomic mass is 9.64. The topological polar surface area (TPSA) is 102 Å². The summed E-state index contributed by atoms with van der Waals surface area (Å²) < 4.78 is 5.13. The molecule has 4 N–H and O–H groups in total. The number of aliphatic carboxylic acids is 1. The van der Waals surface area contributed by atoms with Gasteiger partial charge in [0.05, 0.1) is 17.6 Å². The summed E-state index contributed by atoms with van der Waals surface area (Å²) in [5.74, 6) is -2.12. The highest BCUT2D eigenvalue weighted by Crippen LogP contribution is 2.47. The van der Waals surface area contributed by atoms with Gasteiger partial charge in [-0.1, -0.05) is 29.8 Å². The van der Waals surface area contributed by atoms with Gasteiger partial charge in [0, 0.05) is 12.0 Å². The Morgan fingerprint density at radius 2 is 1.92 bits per heavy atom. The molecule has 0 saturated heterocycles. The monoisotopic (exact) mass is 332 g/mol. The summed E-state index contributed by atoms with van der Waals surface area (Å²) in [7, 11) is 0. The minimum absolute atomic E-state index is 0.170. The fourth-order valence-electron chi connectivity index (χ4n) is 3.18. The van der Waals surface area contributed by atoms with Gasteiger partial charge >= 0.3 is 11.9 Å². The van der Waals surface area contributed by atoms with Crippen LogP contribution in [0, 0.1) is 12.3 Å². The van der Waals surface area contributed by atoms with E-state index in [1.807, 2.05) is 31.2 Å². The number of hydrogen-bond donors (Lipinski definition) is 3. The molecule has 1 aliphatic heterocycles. The van der Waals surface area contributed by atoms with E-state index in [-0.39, 0.29) is 18.0 Å². The molecule has 0 saturated carbocycles. The molecule has 6 nitrogen and oxygen atoms in total. The summed E-state index contributed by atoms with van der Waals surface area (Å²) in [6.07, 6.45) is 0. The Morgan fingerprint density at radius 1 is 1.33 bits per heavy atom. The lowest BCUT2D eigenvalue weighted by molar-refractivity contribution is -0.151. The fourth-order valence-corrected chi connectivity index (χ4v) is 3.18. The van der Waals surface area contributed by atoms with Crippen LogP contribution in [-0.2, 0) is 14.3 Å². The third kappa shape index (κ3) is 2.84. The third-order valence-corrected chi connectivity index (χ3v) is 4.82. The number of esters is 1. The molecule has 3 unspecified atom stereocenters. The quantitative estimate of drug-likeness (QED) is 0.728. The molecule has 130 valence electrons. The molecule has 3 atom stereocenters. The first kappa shape index (κ1) is 17.8. The highest BCUT2D eigenvalue weighted by Gasteiger charge is 2.53. The van der Waals surface area contributed by atoms with Crippen molar-refractivity contribution in [2.24, 2.45) is 11.1 Å². The van der Waals surface area contributed by atoms with Crippen LogP contribution in [0.2, 0.25) is 0 Å². The maximum absolute atomic E-state index is 12.5. The van der Waals surface area contributed by atoms with Crippen LogP contribution in [0.25, 0.3) is 0 Å². The van der Waals surface area contributed by atoms with Crippen molar-refractivity contribution < 1.29 is 19.4 Å². The largest absolute Gasteiger partial charge is 0.481 e. The molecule has 0 radical (unpaired) electrons. The minimum Gasteiger partial charge on any atom is -0.481 e. The van der Waals surface area contributed by atoms with E-state index in [2.05, 4.69) is 5.32 Å². The van der Waals surface area contributed by atoms with Crippen LogP contribution in [0.3, 0.4) is 0 Å². The zero-order valence-electron chi connectivity index (χ0n) is 14.4. The van der Waals surface area contributed by atoms with Gasteiger partial charge in [-0.05, 0) is 33.3 Å². The van der Waals surface area contributed by atoms with Crippen molar-refractivity contribution in [1.82, 2.24) is 5.32 Å². The molecule has 0 fully saturated rings. The van der Waals surface area contributed by atoms with Crippen molar-refractivity contribution in [2.75, 3.05) is 6.61 Å². The van der Waals surface area contributed by atoms with Gasteiger partial charge < -0.3 is 20.9 Å². The zero-order chi connectivity index (χ0) is 18.1. The second kappa shape index (κ2) is 6.55. The van der Waals surface area contributed by atoms with E-state index in [1.54, 1.807) is 20.8 Å². The maximum Gasteiger partial charge on any atom is 0.338 e. The second-order valence-corrected chi connectivity index (χ2v) is 6.35. The summed E-state index contributed by atoms with van der Waals surface area (Å²) in [4.78, 5) is 24.6. The first-order valence-electron chi connectivity index (χ1n) is 7.96. The number of hydrogen-bond acceptors (Lipinski definition) is 5. The van der Waals surface area contributed by atoms with Gasteiger partial charge in [-0.3, -0.25) is 4.79 Å². The molecular weight excluding hydrogens is 308 g/mol. The lowest BCUT2D eigenvalue weighted by Gasteiger charge is -2.44. The van der Waals surface area contributed by atoms with E-state index in [4.69, 9.17) is 10.5 Å². The molecule has 2 rings (SSSR count). The molecule has 0 bridgehead atoms. The van der Waals surface area contributed by atoms with Gasteiger partial charge in [0.2, 0.25) is 0 Å². The number of rotatable bonds is 4. The lowest BCUT2D eigenvalue weighted by Crippen LogP contribution is -2.56. The van der Waals surface area contributed by atoms with Crippen LogP contribution >= 0.6 is 0 Å². The Morgan fingerprint density at radius 3 is 2.42 bits per heavy atom. The van der Waals surface area contributed by atoms with Crippen molar-refractivity contribution in [3.63, 3.8) is 0 Å². The fraction of sp³-hybridized carbons (Fsp3) is 0.444. The van der Waals surface area contributed by atoms with Gasteiger partial charge in [0.15, 0.2) is 0 Å². The average Bonchev–Trinajstić information content (AvgIpc) is 2.51. The molecule has 6 heteroatoms. The smallest absolute Gasteiger partial charge is 0.338 e. The molecule has 1 aliphatic rings. The Labute approximate surface area is 141 Å². The Balaban J connectivity index is 2.69. The Hall–Kier alpha value is -2.50. The Kier molecular flexibility index (Phi) is 4.87. The van der Waals surface area contributed by atoms with Gasteiger partial charge in [0.1, 0.15) is 5.82 Å². The molecule has 0 aliphatic carbocycles. The van der Waals surface area contributed by atoms with E-state index in [9.17, 15) is 14.7 Å². The summed E-state index contributed by atoms with van der Waals surface area (Å²) >= 11 is 0. The van der Waals surface area contributed by atoms with Crippen LogP contribution in [0.5, 0.6) is 0 Å². The molecule has 0 aromatic heterocycles. The van der Waals surface area contributed by atoms with E-state index in [0.717, 1.165) is 11.1 Å². The van der Waals surface area contributed by atoms with Crippen molar-refractivity contribution in [3.05, 3.63) is 46.8 Å². The number of ether oxygens (including phenoxy) is 1. The minimum atomic E-state index is -1.25. The zero-order valence-corrected chi connectivity index (χ0v) is 14.4. The molecule has 1 heterocycles. The molecule has 0 spiro atoms. The number of nitrogens with one attached hydrogen (secondary N) is 1. The summed E-state index contributed by atoms with van der Waals surface area (Å²) in [6.45, 7) is 7.22. The second-order valence-electron chi connectivity index (χ2n) is 6.35. The van der Waals surface area contributed by atoms with Crippen LogP contribution in [0.15, 0.2) is 35.7 Å². The van der Waals surface area contributed by atoms with Crippen molar-refractivity contribution in [1.29, 1.82) is 0 Å². The highest BCUT2D eigenvalue weighted by molar-refractivity contribution is 5.94. The van der Waals surface area contributed by atoms with E-state index in [1.165, 1.54) is 0 Å². The summed E-state index contributed by atoms with van der Waals surface area (Å²) in [5, 5.41) is 12.8. The Bertz CT molecular complexity index is 681. The molecular formula is C18H24N2O4. The van der Waals surface area contributed by atoms with Gasteiger partial charge in [-0.25, -0.2) is 4.79 Å². The number of carbonyl (C=O) groups excluding carboxylic acids is 1. The predicted octanol–water partition coefficient (Wildman–Crippen LogP) is 1.89. The summed E-state index contributed by atoms with van der Waals surface area (Å²) in [6, 6.07) is 7.00. The number of carboxylic acids is 1. The van der Waals surface area contributed by atoms with E-state index in [0.29, 0.717) is 0 Å². The predicted molar refractivity (Wildman–Crippen MR) is 90.1 cm³/mol. The van der Waals surface area contributed by atoms with E-state index < -0.39 is 29.3 Å². The van der Waals surface area contributed by atoms with Crippen LogP contribution in [0.4, 0.5) is 0 Å².